The highest BCUT2D eigenvalue weighted by Gasteiger charge is 2.34. The molecule has 1 fully saturated rings. The van der Waals surface area contributed by atoms with E-state index in [2.05, 4.69) is 5.32 Å². The number of carbonyl (C=O) groups excluding carboxylic acids is 2. The minimum atomic E-state index is -0.456. The van der Waals surface area contributed by atoms with Gasteiger partial charge in [-0.25, -0.2) is 4.79 Å². The molecule has 0 spiro atoms. The van der Waals surface area contributed by atoms with E-state index in [0.717, 1.165) is 23.5 Å². The van der Waals surface area contributed by atoms with E-state index in [0.29, 0.717) is 25.9 Å². The predicted molar refractivity (Wildman–Crippen MR) is 88.4 cm³/mol. The van der Waals surface area contributed by atoms with Gasteiger partial charge in [-0.15, -0.1) is 0 Å². The topological polar surface area (TPSA) is 77.1 Å². The Kier molecular flexibility index (Phi) is 6.28. The highest BCUT2D eigenvalue weighted by Crippen LogP contribution is 2.24. The van der Waals surface area contributed by atoms with Crippen molar-refractivity contribution in [2.24, 2.45) is 0 Å². The lowest BCUT2D eigenvalue weighted by Gasteiger charge is -2.22. The Balaban J connectivity index is 1.92. The summed E-state index contributed by atoms with van der Waals surface area (Å²) in [6.07, 6.45) is 1.61. The van der Waals surface area contributed by atoms with E-state index in [-0.39, 0.29) is 5.91 Å². The number of benzene rings is 1. The van der Waals surface area contributed by atoms with E-state index in [1.165, 1.54) is 12.0 Å². The number of rotatable bonds is 6. The lowest BCUT2D eigenvalue weighted by Crippen LogP contribution is -2.46. The molecule has 0 saturated carbocycles. The molecule has 1 heterocycles. The van der Waals surface area contributed by atoms with Crippen LogP contribution in [0.1, 0.15) is 18.4 Å². The molecule has 2 rings (SSSR count). The van der Waals surface area contributed by atoms with Crippen molar-refractivity contribution in [1.29, 1.82) is 0 Å². The SMILES string of the molecule is COC(=O)N1CCCC1C(=O)NCCc1cc(OC)ccc1OC. The van der Waals surface area contributed by atoms with Gasteiger partial charge < -0.3 is 19.5 Å². The minimum absolute atomic E-state index is 0.153. The van der Waals surface area contributed by atoms with Crippen molar-refractivity contribution < 1.29 is 23.8 Å². The van der Waals surface area contributed by atoms with Crippen LogP contribution >= 0.6 is 0 Å². The molecule has 0 bridgehead atoms. The first-order chi connectivity index (χ1) is 11.6. The molecule has 7 nitrogen and oxygen atoms in total. The summed E-state index contributed by atoms with van der Waals surface area (Å²) >= 11 is 0. The van der Waals surface area contributed by atoms with E-state index in [1.807, 2.05) is 18.2 Å². The number of likely N-dealkylation sites (tertiary alicyclic amines) is 1. The second-order valence-corrected chi connectivity index (χ2v) is 5.54. The Morgan fingerprint density at radius 3 is 2.71 bits per heavy atom. The second-order valence-electron chi connectivity index (χ2n) is 5.54. The second kappa shape index (κ2) is 8.42. The van der Waals surface area contributed by atoms with Gasteiger partial charge in [-0.3, -0.25) is 9.69 Å². The predicted octanol–water partition coefficient (Wildman–Crippen LogP) is 1.59. The van der Waals surface area contributed by atoms with E-state index < -0.39 is 12.1 Å². The molecule has 2 amide bonds. The van der Waals surface area contributed by atoms with Crippen LogP contribution in [-0.4, -0.2) is 57.4 Å². The van der Waals surface area contributed by atoms with Gasteiger partial charge in [0.05, 0.1) is 21.3 Å². The molecule has 1 saturated heterocycles. The average molecular weight is 336 g/mol. The van der Waals surface area contributed by atoms with Crippen LogP contribution in [0.3, 0.4) is 0 Å². The van der Waals surface area contributed by atoms with Crippen molar-refractivity contribution in [2.45, 2.75) is 25.3 Å². The Hall–Kier alpha value is -2.44. The van der Waals surface area contributed by atoms with Crippen LogP contribution in [0, 0.1) is 0 Å². The molecule has 1 aromatic carbocycles. The van der Waals surface area contributed by atoms with Gasteiger partial charge in [-0.2, -0.15) is 0 Å². The van der Waals surface area contributed by atoms with Crippen LogP contribution in [0.4, 0.5) is 4.79 Å². The Labute approximate surface area is 141 Å². The van der Waals surface area contributed by atoms with Gasteiger partial charge in [0, 0.05) is 13.1 Å². The lowest BCUT2D eigenvalue weighted by molar-refractivity contribution is -0.125. The van der Waals surface area contributed by atoms with E-state index in [4.69, 9.17) is 14.2 Å². The molecule has 0 radical (unpaired) electrons. The van der Waals surface area contributed by atoms with Crippen molar-refractivity contribution >= 4 is 12.0 Å². The van der Waals surface area contributed by atoms with Crippen molar-refractivity contribution in [1.82, 2.24) is 10.2 Å². The molecule has 132 valence electrons. The minimum Gasteiger partial charge on any atom is -0.497 e. The zero-order chi connectivity index (χ0) is 17.5. The summed E-state index contributed by atoms with van der Waals surface area (Å²) in [5.74, 6) is 1.34. The monoisotopic (exact) mass is 336 g/mol. The Bertz CT molecular complexity index is 590. The van der Waals surface area contributed by atoms with Gasteiger partial charge in [0.1, 0.15) is 17.5 Å². The van der Waals surface area contributed by atoms with Gasteiger partial charge in [0.25, 0.3) is 0 Å². The summed E-state index contributed by atoms with van der Waals surface area (Å²) in [4.78, 5) is 25.5. The third-order valence-corrected chi connectivity index (χ3v) is 4.15. The van der Waals surface area contributed by atoms with Crippen molar-refractivity contribution in [3.8, 4) is 11.5 Å². The molecule has 0 aromatic heterocycles. The summed E-state index contributed by atoms with van der Waals surface area (Å²) in [6, 6.07) is 5.10. The van der Waals surface area contributed by atoms with E-state index in [9.17, 15) is 9.59 Å². The van der Waals surface area contributed by atoms with Crippen LogP contribution < -0.4 is 14.8 Å². The fourth-order valence-corrected chi connectivity index (χ4v) is 2.89. The first-order valence-corrected chi connectivity index (χ1v) is 7.94. The highest BCUT2D eigenvalue weighted by molar-refractivity contribution is 5.86. The molecular formula is C17H24N2O5. The van der Waals surface area contributed by atoms with Crippen molar-refractivity contribution in [3.63, 3.8) is 0 Å². The standard InChI is InChI=1S/C17H24N2O5/c1-22-13-6-7-15(23-2)12(11-13)8-9-18-16(20)14-5-4-10-19(14)17(21)24-3/h6-7,11,14H,4-5,8-10H2,1-3H3,(H,18,20). The molecule has 7 heteroatoms. The van der Waals surface area contributed by atoms with Gasteiger partial charge in [0.2, 0.25) is 5.91 Å². The van der Waals surface area contributed by atoms with Crippen molar-refractivity contribution in [2.75, 3.05) is 34.4 Å². The fraction of sp³-hybridized carbons (Fsp3) is 0.529. The molecule has 24 heavy (non-hydrogen) atoms. The molecule has 1 aliphatic rings. The number of nitrogens with one attached hydrogen (secondary N) is 1. The van der Waals surface area contributed by atoms with E-state index >= 15 is 0 Å². The third kappa shape index (κ3) is 4.10. The molecule has 0 aliphatic carbocycles. The largest absolute Gasteiger partial charge is 0.497 e. The van der Waals surface area contributed by atoms with Crippen LogP contribution in [0.15, 0.2) is 18.2 Å². The van der Waals surface area contributed by atoms with E-state index in [1.54, 1.807) is 14.2 Å². The zero-order valence-corrected chi connectivity index (χ0v) is 14.3. The number of hydrogen-bond acceptors (Lipinski definition) is 5. The summed E-state index contributed by atoms with van der Waals surface area (Å²) in [6.45, 7) is 1.00. The first kappa shape index (κ1) is 17.9. The number of carbonyl (C=O) groups is 2. The normalized spacial score (nSPS) is 16.6. The molecule has 1 aliphatic heterocycles. The third-order valence-electron chi connectivity index (χ3n) is 4.15. The van der Waals surface area contributed by atoms with Gasteiger partial charge in [-0.1, -0.05) is 0 Å². The van der Waals surface area contributed by atoms with Crippen LogP contribution in [-0.2, 0) is 16.0 Å². The summed E-state index contributed by atoms with van der Waals surface area (Å²) in [7, 11) is 4.54. The maximum Gasteiger partial charge on any atom is 0.410 e. The van der Waals surface area contributed by atoms with Crippen LogP contribution in [0.2, 0.25) is 0 Å². The van der Waals surface area contributed by atoms with Crippen molar-refractivity contribution in [3.05, 3.63) is 23.8 Å². The first-order valence-electron chi connectivity index (χ1n) is 7.94. The highest BCUT2D eigenvalue weighted by atomic mass is 16.5. The number of methoxy groups -OCH3 is 3. The fourth-order valence-electron chi connectivity index (χ4n) is 2.89. The van der Waals surface area contributed by atoms with Gasteiger partial charge in [-0.05, 0) is 43.0 Å². The average Bonchev–Trinajstić information content (AvgIpc) is 3.10. The zero-order valence-electron chi connectivity index (χ0n) is 14.3. The number of ether oxygens (including phenoxy) is 3. The Morgan fingerprint density at radius 2 is 2.04 bits per heavy atom. The maximum atomic E-state index is 12.3. The number of amides is 2. The summed E-state index contributed by atoms with van der Waals surface area (Å²) in [5, 5.41) is 2.89. The smallest absolute Gasteiger partial charge is 0.410 e. The quantitative estimate of drug-likeness (QED) is 0.854. The molecule has 1 N–H and O–H groups in total. The van der Waals surface area contributed by atoms with Crippen LogP contribution in [0.5, 0.6) is 11.5 Å². The Morgan fingerprint density at radius 1 is 1.25 bits per heavy atom. The number of hydrogen-bond donors (Lipinski definition) is 1. The molecule has 1 unspecified atom stereocenters. The van der Waals surface area contributed by atoms with Gasteiger partial charge >= 0.3 is 6.09 Å². The van der Waals surface area contributed by atoms with Gasteiger partial charge in [0.15, 0.2) is 0 Å². The summed E-state index contributed by atoms with van der Waals surface area (Å²) in [5.41, 5.74) is 0.952. The lowest BCUT2D eigenvalue weighted by atomic mass is 10.1. The molecule has 1 atom stereocenters. The molecule has 1 aromatic rings. The molecular weight excluding hydrogens is 312 g/mol. The summed E-state index contributed by atoms with van der Waals surface area (Å²) < 4.78 is 15.3. The number of nitrogens with zero attached hydrogens (tertiary/aromatic N) is 1. The van der Waals surface area contributed by atoms with Crippen LogP contribution in [0.25, 0.3) is 0 Å². The maximum absolute atomic E-state index is 12.3.